The van der Waals surface area contributed by atoms with Crippen molar-refractivity contribution in [1.29, 1.82) is 0 Å². The van der Waals surface area contributed by atoms with E-state index in [0.29, 0.717) is 0 Å². The van der Waals surface area contributed by atoms with Gasteiger partial charge in [0.25, 0.3) is 0 Å². The van der Waals surface area contributed by atoms with E-state index < -0.39 is 10.0 Å². The van der Waals surface area contributed by atoms with Crippen LogP contribution in [0.1, 0.15) is 6.92 Å². The van der Waals surface area contributed by atoms with Gasteiger partial charge in [0.05, 0.1) is 5.75 Å². The van der Waals surface area contributed by atoms with Crippen molar-refractivity contribution >= 4 is 16.0 Å². The molecule has 1 aromatic rings. The molecule has 0 saturated carbocycles. The van der Waals surface area contributed by atoms with Crippen molar-refractivity contribution in [3.8, 4) is 0 Å². The van der Waals surface area contributed by atoms with Crippen molar-refractivity contribution in [3.63, 3.8) is 0 Å². The molecular formula is C7H11N3O2S. The second-order valence-electron chi connectivity index (χ2n) is 2.42. The van der Waals surface area contributed by atoms with Crippen molar-refractivity contribution in [2.75, 3.05) is 17.1 Å². The minimum Gasteiger partial charge on any atom is -0.241 e. The van der Waals surface area contributed by atoms with Crippen LogP contribution in [0.2, 0.25) is 0 Å². The lowest BCUT2D eigenvalue weighted by atomic mass is 10.7. The topological polar surface area (TPSA) is 63.2 Å². The summed E-state index contributed by atoms with van der Waals surface area (Å²) in [4.78, 5) is 7.66. The molecule has 0 aromatic carbocycles. The fraction of sp³-hybridized carbons (Fsp3) is 0.429. The van der Waals surface area contributed by atoms with Crippen LogP contribution in [0.25, 0.3) is 0 Å². The van der Waals surface area contributed by atoms with Gasteiger partial charge in [0, 0.05) is 19.4 Å². The highest BCUT2D eigenvalue weighted by Gasteiger charge is 2.17. The van der Waals surface area contributed by atoms with Crippen molar-refractivity contribution in [2.24, 2.45) is 0 Å². The number of hydrogen-bond acceptors (Lipinski definition) is 4. The summed E-state index contributed by atoms with van der Waals surface area (Å²) in [5, 5.41) is 0. The Hall–Kier alpha value is -1.17. The van der Waals surface area contributed by atoms with Gasteiger partial charge < -0.3 is 0 Å². The maximum absolute atomic E-state index is 11.3. The molecule has 0 saturated heterocycles. The first kappa shape index (κ1) is 9.91. The normalized spacial score (nSPS) is 11.2. The van der Waals surface area contributed by atoms with Crippen LogP contribution in [0.5, 0.6) is 0 Å². The fourth-order valence-electron chi connectivity index (χ4n) is 0.772. The summed E-state index contributed by atoms with van der Waals surface area (Å²) in [6.07, 6.45) is 3.01. The Balaban J connectivity index is 2.99. The third-order valence-corrected chi connectivity index (χ3v) is 3.34. The fourth-order valence-corrected chi connectivity index (χ4v) is 1.50. The highest BCUT2D eigenvalue weighted by Crippen LogP contribution is 2.07. The average Bonchev–Trinajstić information content (AvgIpc) is 2.18. The molecule has 0 spiro atoms. The molecule has 6 heteroatoms. The second kappa shape index (κ2) is 3.69. The molecule has 13 heavy (non-hydrogen) atoms. The van der Waals surface area contributed by atoms with Gasteiger partial charge in [0.1, 0.15) is 0 Å². The summed E-state index contributed by atoms with van der Waals surface area (Å²) in [7, 11) is -1.80. The zero-order valence-corrected chi connectivity index (χ0v) is 8.32. The first-order valence-electron chi connectivity index (χ1n) is 3.81. The van der Waals surface area contributed by atoms with Crippen molar-refractivity contribution < 1.29 is 8.42 Å². The lowest BCUT2D eigenvalue weighted by molar-refractivity contribution is 0.594. The van der Waals surface area contributed by atoms with E-state index in [1.165, 1.54) is 19.4 Å². The monoisotopic (exact) mass is 201 g/mol. The SMILES string of the molecule is CCS(=O)(=O)N(C)c1ncccn1. The van der Waals surface area contributed by atoms with E-state index in [-0.39, 0.29) is 11.7 Å². The minimum absolute atomic E-state index is 0.0434. The maximum atomic E-state index is 11.3. The molecule has 0 N–H and O–H groups in total. The molecule has 5 nitrogen and oxygen atoms in total. The molecule has 1 aromatic heterocycles. The van der Waals surface area contributed by atoms with Crippen molar-refractivity contribution in [2.45, 2.75) is 6.92 Å². The van der Waals surface area contributed by atoms with Crippen LogP contribution in [0.4, 0.5) is 5.95 Å². The predicted molar refractivity (Wildman–Crippen MR) is 49.9 cm³/mol. The van der Waals surface area contributed by atoms with Gasteiger partial charge in [-0.1, -0.05) is 0 Å². The van der Waals surface area contributed by atoms with Gasteiger partial charge in [-0.15, -0.1) is 0 Å². The van der Waals surface area contributed by atoms with E-state index in [1.807, 2.05) is 0 Å². The lowest BCUT2D eigenvalue weighted by Crippen LogP contribution is -2.29. The summed E-state index contributed by atoms with van der Waals surface area (Å²) < 4.78 is 23.8. The minimum atomic E-state index is -3.24. The number of rotatable bonds is 3. The van der Waals surface area contributed by atoms with Gasteiger partial charge in [-0.2, -0.15) is 0 Å². The standard InChI is InChI=1S/C7H11N3O2S/c1-3-13(11,12)10(2)7-8-5-4-6-9-7/h4-6H,3H2,1-2H3. The van der Waals surface area contributed by atoms with Crippen LogP contribution in [-0.4, -0.2) is 31.2 Å². The molecule has 0 fully saturated rings. The number of hydrogen-bond donors (Lipinski definition) is 0. The third-order valence-electron chi connectivity index (χ3n) is 1.62. The predicted octanol–water partition coefficient (Wildman–Crippen LogP) is 0.262. The van der Waals surface area contributed by atoms with Crippen LogP contribution in [-0.2, 0) is 10.0 Å². The molecular weight excluding hydrogens is 190 g/mol. The smallest absolute Gasteiger partial charge is 0.238 e. The highest BCUT2D eigenvalue weighted by molar-refractivity contribution is 7.92. The molecule has 72 valence electrons. The van der Waals surface area contributed by atoms with Crippen molar-refractivity contribution in [1.82, 2.24) is 9.97 Å². The molecule has 0 aliphatic heterocycles. The molecule has 0 amide bonds. The number of nitrogens with zero attached hydrogens (tertiary/aromatic N) is 3. The zero-order chi connectivity index (χ0) is 9.90. The van der Waals surface area contributed by atoms with Gasteiger partial charge >= 0.3 is 0 Å². The molecule has 0 bridgehead atoms. The van der Waals surface area contributed by atoms with Crippen LogP contribution in [0, 0.1) is 0 Å². The first-order chi connectivity index (χ1) is 6.08. The first-order valence-corrected chi connectivity index (χ1v) is 5.42. The van der Waals surface area contributed by atoms with E-state index >= 15 is 0 Å². The van der Waals surface area contributed by atoms with Crippen molar-refractivity contribution in [3.05, 3.63) is 18.5 Å². The Kier molecular flexibility index (Phi) is 2.82. The highest BCUT2D eigenvalue weighted by atomic mass is 32.2. The Morgan fingerprint density at radius 3 is 2.38 bits per heavy atom. The van der Waals surface area contributed by atoms with Gasteiger partial charge in [-0.3, -0.25) is 0 Å². The van der Waals surface area contributed by atoms with E-state index in [4.69, 9.17) is 0 Å². The summed E-state index contributed by atoms with van der Waals surface area (Å²) in [5.74, 6) is 0.242. The molecule has 0 atom stereocenters. The number of aromatic nitrogens is 2. The zero-order valence-electron chi connectivity index (χ0n) is 7.51. The molecule has 0 aliphatic carbocycles. The molecule has 1 heterocycles. The average molecular weight is 201 g/mol. The molecule has 1 rings (SSSR count). The van der Waals surface area contributed by atoms with Gasteiger partial charge in [0.2, 0.25) is 16.0 Å². The summed E-state index contributed by atoms with van der Waals surface area (Å²) in [5.41, 5.74) is 0. The Morgan fingerprint density at radius 2 is 1.92 bits per heavy atom. The molecule has 0 unspecified atom stereocenters. The quantitative estimate of drug-likeness (QED) is 0.703. The summed E-state index contributed by atoms with van der Waals surface area (Å²) in [6.45, 7) is 1.58. The Bertz CT molecular complexity index is 363. The van der Waals surface area contributed by atoms with Gasteiger partial charge in [0.15, 0.2) is 0 Å². The van der Waals surface area contributed by atoms with Gasteiger partial charge in [-0.05, 0) is 13.0 Å². The lowest BCUT2D eigenvalue weighted by Gasteiger charge is -2.14. The van der Waals surface area contributed by atoms with Crippen LogP contribution in [0.15, 0.2) is 18.5 Å². The molecule has 0 aliphatic rings. The van der Waals surface area contributed by atoms with E-state index in [1.54, 1.807) is 13.0 Å². The Morgan fingerprint density at radius 1 is 1.38 bits per heavy atom. The molecule has 0 radical (unpaired) electrons. The third kappa shape index (κ3) is 2.15. The largest absolute Gasteiger partial charge is 0.241 e. The van der Waals surface area contributed by atoms with E-state index in [2.05, 4.69) is 9.97 Å². The second-order valence-corrected chi connectivity index (χ2v) is 4.71. The maximum Gasteiger partial charge on any atom is 0.238 e. The summed E-state index contributed by atoms with van der Waals surface area (Å²) in [6, 6.07) is 1.63. The van der Waals surface area contributed by atoms with E-state index in [9.17, 15) is 8.42 Å². The van der Waals surface area contributed by atoms with E-state index in [0.717, 1.165) is 4.31 Å². The Labute approximate surface area is 77.5 Å². The van der Waals surface area contributed by atoms with Crippen LogP contribution in [0.3, 0.4) is 0 Å². The van der Waals surface area contributed by atoms with Crippen LogP contribution < -0.4 is 4.31 Å². The van der Waals surface area contributed by atoms with Gasteiger partial charge in [-0.25, -0.2) is 22.7 Å². The number of anilines is 1. The number of sulfonamides is 1. The summed E-state index contributed by atoms with van der Waals surface area (Å²) >= 11 is 0. The van der Waals surface area contributed by atoms with Crippen LogP contribution >= 0.6 is 0 Å².